The Morgan fingerprint density at radius 2 is 1.77 bits per heavy atom. The van der Waals surface area contributed by atoms with E-state index in [4.69, 9.17) is 11.6 Å². The zero-order chi connectivity index (χ0) is 20.1. The largest absolute Gasteiger partial charge is 0.339 e. The van der Waals surface area contributed by atoms with Gasteiger partial charge in [-0.2, -0.15) is 0 Å². The quantitative estimate of drug-likeness (QED) is 0.556. The Labute approximate surface area is 188 Å². The predicted molar refractivity (Wildman–Crippen MR) is 124 cm³/mol. The second kappa shape index (κ2) is 10.5. The molecule has 1 fully saturated rings. The first kappa shape index (κ1) is 22.2. The maximum atomic E-state index is 12.6. The number of piperazine rings is 1. The summed E-state index contributed by atoms with van der Waals surface area (Å²) in [6, 6.07) is 18.1. The van der Waals surface area contributed by atoms with E-state index in [9.17, 15) is 4.79 Å². The Morgan fingerprint density at radius 1 is 1.00 bits per heavy atom. The van der Waals surface area contributed by atoms with E-state index in [1.54, 1.807) is 6.20 Å². The number of nitrogens with zero attached hydrogens (tertiary/aromatic N) is 4. The van der Waals surface area contributed by atoms with E-state index in [2.05, 4.69) is 22.0 Å². The van der Waals surface area contributed by atoms with Gasteiger partial charge in [-0.25, -0.2) is 4.98 Å². The van der Waals surface area contributed by atoms with Gasteiger partial charge in [0.25, 0.3) is 0 Å². The molecule has 0 saturated carbocycles. The monoisotopic (exact) mass is 444 g/mol. The highest BCUT2D eigenvalue weighted by atomic mass is 35.5. The van der Waals surface area contributed by atoms with Gasteiger partial charge in [0.05, 0.1) is 0 Å². The number of hydrogen-bond acceptors (Lipinski definition) is 3. The van der Waals surface area contributed by atoms with Crippen molar-refractivity contribution < 1.29 is 4.79 Å². The summed E-state index contributed by atoms with van der Waals surface area (Å²) in [5.74, 6) is 1.14. The van der Waals surface area contributed by atoms with E-state index in [-0.39, 0.29) is 18.3 Å². The van der Waals surface area contributed by atoms with Gasteiger partial charge in [0.15, 0.2) is 0 Å². The third-order valence-corrected chi connectivity index (χ3v) is 5.56. The maximum absolute atomic E-state index is 12.6. The Balaban J connectivity index is 0.00000256. The predicted octanol–water partition coefficient (Wildman–Crippen LogP) is 4.62. The third-order valence-electron chi connectivity index (χ3n) is 5.32. The van der Waals surface area contributed by atoms with Crippen molar-refractivity contribution in [2.75, 3.05) is 31.1 Å². The van der Waals surface area contributed by atoms with E-state index < -0.39 is 0 Å². The second-order valence-electron chi connectivity index (χ2n) is 7.28. The Bertz CT molecular complexity index is 953. The first-order valence-corrected chi connectivity index (χ1v) is 10.4. The van der Waals surface area contributed by atoms with E-state index in [0.29, 0.717) is 11.4 Å². The molecule has 0 bridgehead atoms. The molecule has 1 amide bonds. The number of halogens is 2. The van der Waals surface area contributed by atoms with Crippen LogP contribution in [0.4, 0.5) is 5.95 Å². The SMILES string of the molecule is Cl.O=C(CCCc1ccccc1)N1CCN(c2nccn2-c2cccc(Cl)c2)CC1. The lowest BCUT2D eigenvalue weighted by Gasteiger charge is -2.35. The number of rotatable bonds is 6. The lowest BCUT2D eigenvalue weighted by molar-refractivity contribution is -0.131. The van der Waals surface area contributed by atoms with Crippen molar-refractivity contribution in [1.29, 1.82) is 0 Å². The van der Waals surface area contributed by atoms with Crippen LogP contribution in [-0.4, -0.2) is 46.5 Å². The summed E-state index contributed by atoms with van der Waals surface area (Å²) in [4.78, 5) is 21.3. The standard InChI is InChI=1S/C23H25ClN4O.ClH/c24-20-9-5-10-21(18-20)28-13-12-25-23(28)27-16-14-26(15-17-27)22(29)11-4-8-19-6-2-1-3-7-19;/h1-3,5-7,9-10,12-13,18H,4,8,11,14-17H2;1H. The molecule has 0 spiro atoms. The van der Waals surface area contributed by atoms with Crippen molar-refractivity contribution in [3.05, 3.63) is 77.6 Å². The smallest absolute Gasteiger partial charge is 0.222 e. The molecule has 4 rings (SSSR count). The van der Waals surface area contributed by atoms with Crippen LogP contribution in [0.5, 0.6) is 0 Å². The normalized spacial score (nSPS) is 13.8. The van der Waals surface area contributed by atoms with E-state index in [1.165, 1.54) is 5.56 Å². The van der Waals surface area contributed by atoms with Crippen molar-refractivity contribution in [3.8, 4) is 5.69 Å². The summed E-state index contributed by atoms with van der Waals surface area (Å²) in [6.07, 6.45) is 6.19. The Kier molecular flexibility index (Phi) is 7.77. The van der Waals surface area contributed by atoms with Crippen LogP contribution >= 0.6 is 24.0 Å². The van der Waals surface area contributed by atoms with Gasteiger partial charge in [0.1, 0.15) is 0 Å². The van der Waals surface area contributed by atoms with Crippen molar-refractivity contribution in [2.24, 2.45) is 0 Å². The molecule has 1 aromatic heterocycles. The second-order valence-corrected chi connectivity index (χ2v) is 7.72. The molecule has 0 atom stereocenters. The molecule has 158 valence electrons. The fraction of sp³-hybridized carbons (Fsp3) is 0.304. The highest BCUT2D eigenvalue weighted by molar-refractivity contribution is 6.30. The van der Waals surface area contributed by atoms with Gasteiger partial charge in [-0.1, -0.05) is 48.0 Å². The van der Waals surface area contributed by atoms with Gasteiger partial charge >= 0.3 is 0 Å². The van der Waals surface area contributed by atoms with Crippen LogP contribution in [0, 0.1) is 0 Å². The highest BCUT2D eigenvalue weighted by Gasteiger charge is 2.23. The summed E-state index contributed by atoms with van der Waals surface area (Å²) in [6.45, 7) is 3.02. The van der Waals surface area contributed by atoms with Gasteiger partial charge in [0, 0.05) is 55.7 Å². The topological polar surface area (TPSA) is 41.4 Å². The molecule has 2 heterocycles. The van der Waals surface area contributed by atoms with Crippen molar-refractivity contribution in [2.45, 2.75) is 19.3 Å². The summed E-state index contributed by atoms with van der Waals surface area (Å²) >= 11 is 6.14. The van der Waals surface area contributed by atoms with Crippen molar-refractivity contribution >= 4 is 35.9 Å². The van der Waals surface area contributed by atoms with Crippen LogP contribution in [0.15, 0.2) is 67.0 Å². The maximum Gasteiger partial charge on any atom is 0.222 e. The minimum absolute atomic E-state index is 0. The first-order valence-electron chi connectivity index (χ1n) is 10.1. The number of carbonyl (C=O) groups is 1. The van der Waals surface area contributed by atoms with Crippen LogP contribution in [-0.2, 0) is 11.2 Å². The molecule has 1 saturated heterocycles. The van der Waals surface area contributed by atoms with Crippen molar-refractivity contribution in [1.82, 2.24) is 14.5 Å². The van der Waals surface area contributed by atoms with Gasteiger partial charge in [-0.3, -0.25) is 9.36 Å². The number of anilines is 1. The summed E-state index contributed by atoms with van der Waals surface area (Å²) in [7, 11) is 0. The van der Waals surface area contributed by atoms with E-state index in [0.717, 1.165) is 50.7 Å². The van der Waals surface area contributed by atoms with Gasteiger partial charge in [-0.05, 0) is 36.6 Å². The van der Waals surface area contributed by atoms with Gasteiger partial charge in [0.2, 0.25) is 11.9 Å². The minimum Gasteiger partial charge on any atom is -0.339 e. The summed E-state index contributed by atoms with van der Waals surface area (Å²) < 4.78 is 2.04. The molecule has 3 aromatic rings. The number of aromatic nitrogens is 2. The molecule has 0 unspecified atom stereocenters. The average molecular weight is 445 g/mol. The molecule has 2 aromatic carbocycles. The lowest BCUT2D eigenvalue weighted by atomic mass is 10.1. The summed E-state index contributed by atoms with van der Waals surface area (Å²) in [5, 5.41) is 0.702. The molecule has 30 heavy (non-hydrogen) atoms. The van der Waals surface area contributed by atoms with Crippen LogP contribution < -0.4 is 4.90 Å². The zero-order valence-corrected chi connectivity index (χ0v) is 18.4. The zero-order valence-electron chi connectivity index (χ0n) is 16.8. The van der Waals surface area contributed by atoms with Crippen LogP contribution in [0.1, 0.15) is 18.4 Å². The number of imidazole rings is 1. The average Bonchev–Trinajstić information content (AvgIpc) is 3.24. The van der Waals surface area contributed by atoms with Crippen LogP contribution in [0.25, 0.3) is 5.69 Å². The molecule has 1 aliphatic rings. The minimum atomic E-state index is 0. The fourth-order valence-electron chi connectivity index (χ4n) is 3.76. The third kappa shape index (κ3) is 5.35. The first-order chi connectivity index (χ1) is 14.2. The molecule has 0 radical (unpaired) electrons. The number of benzene rings is 2. The Hall–Kier alpha value is -2.50. The number of carbonyl (C=O) groups excluding carboxylic acids is 1. The number of amides is 1. The van der Waals surface area contributed by atoms with E-state index >= 15 is 0 Å². The van der Waals surface area contributed by atoms with E-state index in [1.807, 2.05) is 58.1 Å². The fourth-order valence-corrected chi connectivity index (χ4v) is 3.94. The molecule has 0 aliphatic carbocycles. The van der Waals surface area contributed by atoms with Crippen LogP contribution in [0.3, 0.4) is 0 Å². The highest BCUT2D eigenvalue weighted by Crippen LogP contribution is 2.22. The summed E-state index contributed by atoms with van der Waals surface area (Å²) in [5.41, 5.74) is 2.28. The van der Waals surface area contributed by atoms with Gasteiger partial charge < -0.3 is 9.80 Å². The molecule has 1 aliphatic heterocycles. The molecular weight excluding hydrogens is 419 g/mol. The van der Waals surface area contributed by atoms with Crippen LogP contribution in [0.2, 0.25) is 5.02 Å². The molecule has 5 nitrogen and oxygen atoms in total. The van der Waals surface area contributed by atoms with Gasteiger partial charge in [-0.15, -0.1) is 12.4 Å². The Morgan fingerprint density at radius 3 is 2.50 bits per heavy atom. The molecule has 7 heteroatoms. The number of aryl methyl sites for hydroxylation is 1. The molecular formula is C23H26Cl2N4O. The van der Waals surface area contributed by atoms with Crippen molar-refractivity contribution in [3.63, 3.8) is 0 Å². The number of hydrogen-bond donors (Lipinski definition) is 0. The molecule has 0 N–H and O–H groups in total. The lowest BCUT2D eigenvalue weighted by Crippen LogP contribution is -2.49.